The maximum absolute atomic E-state index is 11.7. The summed E-state index contributed by atoms with van der Waals surface area (Å²) in [5.41, 5.74) is 4.99. The number of primary amides is 1. The van der Waals surface area contributed by atoms with Gasteiger partial charge >= 0.3 is 0 Å². The van der Waals surface area contributed by atoms with Crippen molar-refractivity contribution < 1.29 is 9.59 Å². The predicted octanol–water partition coefficient (Wildman–Crippen LogP) is -0.975. The molecule has 15 heavy (non-hydrogen) atoms. The largest absolute Gasteiger partial charge is 0.369 e. The van der Waals surface area contributed by atoms with E-state index in [1.54, 1.807) is 0 Å². The number of thioether (sulfide) groups is 1. The topological polar surface area (TPSA) is 75.4 Å². The number of carbonyl (C=O) groups excluding carboxylic acids is 2. The third kappa shape index (κ3) is 4.09. The first-order valence-corrected chi connectivity index (χ1v) is 6.13. The lowest BCUT2D eigenvalue weighted by atomic mass is 10.2. The molecule has 1 atom stereocenters. The van der Waals surface area contributed by atoms with Crippen molar-refractivity contribution in [3.63, 3.8) is 0 Å². The third-order valence-electron chi connectivity index (χ3n) is 2.29. The average Bonchev–Trinajstić information content (AvgIpc) is 2.17. The maximum atomic E-state index is 11.7. The Hall–Kier alpha value is -0.750. The van der Waals surface area contributed by atoms with E-state index in [0.29, 0.717) is 5.75 Å². The molecule has 86 valence electrons. The normalized spacial score (nSPS) is 21.4. The van der Waals surface area contributed by atoms with Crippen molar-refractivity contribution >= 4 is 23.6 Å². The van der Waals surface area contributed by atoms with E-state index in [9.17, 15) is 9.59 Å². The molecule has 1 aliphatic rings. The Morgan fingerprint density at radius 2 is 2.27 bits per heavy atom. The van der Waals surface area contributed by atoms with Crippen LogP contribution in [0.2, 0.25) is 0 Å². The molecule has 1 rings (SSSR count). The molecule has 2 amide bonds. The van der Waals surface area contributed by atoms with Gasteiger partial charge in [-0.1, -0.05) is 0 Å². The van der Waals surface area contributed by atoms with Crippen LogP contribution in [0, 0.1) is 0 Å². The quantitative estimate of drug-likeness (QED) is 0.652. The van der Waals surface area contributed by atoms with Crippen LogP contribution in [-0.2, 0) is 9.59 Å². The summed E-state index contributed by atoms with van der Waals surface area (Å²) in [6.45, 7) is 4.45. The first-order valence-electron chi connectivity index (χ1n) is 4.97. The zero-order chi connectivity index (χ0) is 11.3. The highest BCUT2D eigenvalue weighted by Gasteiger charge is 2.22. The standard InChI is InChI=1S/C9H17N3O2S/c1-7-4-11-2-3-12(7)9(14)6-15-5-8(10)13/h7,11H,2-6H2,1H3,(H2,10,13)/t7-/m1/s1. The van der Waals surface area contributed by atoms with E-state index in [-0.39, 0.29) is 23.6 Å². The van der Waals surface area contributed by atoms with Gasteiger partial charge in [0.15, 0.2) is 0 Å². The average molecular weight is 231 g/mol. The molecule has 3 N–H and O–H groups in total. The van der Waals surface area contributed by atoms with Gasteiger partial charge in [0, 0.05) is 25.7 Å². The highest BCUT2D eigenvalue weighted by atomic mass is 32.2. The molecule has 0 aromatic rings. The Bertz CT molecular complexity index is 248. The number of piperazine rings is 1. The van der Waals surface area contributed by atoms with Crippen LogP contribution in [0.5, 0.6) is 0 Å². The summed E-state index contributed by atoms with van der Waals surface area (Å²) in [6.07, 6.45) is 0. The zero-order valence-corrected chi connectivity index (χ0v) is 9.68. The third-order valence-corrected chi connectivity index (χ3v) is 3.23. The van der Waals surface area contributed by atoms with E-state index >= 15 is 0 Å². The minimum atomic E-state index is -0.374. The van der Waals surface area contributed by atoms with Gasteiger partial charge in [0.25, 0.3) is 0 Å². The smallest absolute Gasteiger partial charge is 0.232 e. The first kappa shape index (κ1) is 12.3. The molecular weight excluding hydrogens is 214 g/mol. The number of nitrogens with one attached hydrogen (secondary N) is 1. The van der Waals surface area contributed by atoms with E-state index in [1.807, 2.05) is 11.8 Å². The lowest BCUT2D eigenvalue weighted by molar-refractivity contribution is -0.131. The molecule has 0 aromatic carbocycles. The number of hydrogen-bond acceptors (Lipinski definition) is 4. The Labute approximate surface area is 93.7 Å². The molecule has 1 saturated heterocycles. The predicted molar refractivity (Wildman–Crippen MR) is 60.6 cm³/mol. The van der Waals surface area contributed by atoms with Crippen LogP contribution >= 0.6 is 11.8 Å². The van der Waals surface area contributed by atoms with Crippen molar-refractivity contribution in [1.29, 1.82) is 0 Å². The maximum Gasteiger partial charge on any atom is 0.232 e. The fourth-order valence-electron chi connectivity index (χ4n) is 1.53. The van der Waals surface area contributed by atoms with Gasteiger partial charge in [-0.25, -0.2) is 0 Å². The number of amides is 2. The fourth-order valence-corrected chi connectivity index (χ4v) is 2.18. The number of rotatable bonds is 4. The molecule has 0 unspecified atom stereocenters. The zero-order valence-electron chi connectivity index (χ0n) is 8.86. The monoisotopic (exact) mass is 231 g/mol. The number of hydrogen-bond donors (Lipinski definition) is 2. The number of carbonyl (C=O) groups is 2. The van der Waals surface area contributed by atoms with E-state index in [4.69, 9.17) is 5.73 Å². The summed E-state index contributed by atoms with van der Waals surface area (Å²) in [5.74, 6) is 0.274. The molecule has 6 heteroatoms. The first-order chi connectivity index (χ1) is 7.11. The van der Waals surface area contributed by atoms with Gasteiger partial charge in [-0.3, -0.25) is 9.59 Å². The molecule has 0 spiro atoms. The van der Waals surface area contributed by atoms with Crippen molar-refractivity contribution in [2.75, 3.05) is 31.1 Å². The second kappa shape index (κ2) is 5.97. The summed E-state index contributed by atoms with van der Waals surface area (Å²) in [7, 11) is 0. The second-order valence-corrected chi connectivity index (χ2v) is 4.58. The van der Waals surface area contributed by atoms with E-state index in [0.717, 1.165) is 19.6 Å². The minimum Gasteiger partial charge on any atom is -0.369 e. The Morgan fingerprint density at radius 3 is 2.87 bits per heavy atom. The van der Waals surface area contributed by atoms with Gasteiger partial charge in [-0.05, 0) is 6.92 Å². The lowest BCUT2D eigenvalue weighted by Gasteiger charge is -2.33. The van der Waals surface area contributed by atoms with Crippen LogP contribution in [-0.4, -0.2) is 53.9 Å². The number of nitrogens with zero attached hydrogens (tertiary/aromatic N) is 1. The SMILES string of the molecule is C[C@@H]1CNCCN1C(=O)CSCC(N)=O. The summed E-state index contributed by atoms with van der Waals surface area (Å²) in [4.78, 5) is 24.1. The fraction of sp³-hybridized carbons (Fsp3) is 0.778. The van der Waals surface area contributed by atoms with Crippen LogP contribution in [0.25, 0.3) is 0 Å². The van der Waals surface area contributed by atoms with Crippen molar-refractivity contribution in [3.8, 4) is 0 Å². The van der Waals surface area contributed by atoms with Gasteiger partial charge in [-0.2, -0.15) is 0 Å². The van der Waals surface area contributed by atoms with Crippen LogP contribution in [0.4, 0.5) is 0 Å². The molecule has 1 aliphatic heterocycles. The van der Waals surface area contributed by atoms with Crippen LogP contribution in [0.15, 0.2) is 0 Å². The summed E-state index contributed by atoms with van der Waals surface area (Å²) >= 11 is 1.28. The highest BCUT2D eigenvalue weighted by molar-refractivity contribution is 8.00. The van der Waals surface area contributed by atoms with Gasteiger partial charge < -0.3 is 16.0 Å². The molecule has 1 fully saturated rings. The summed E-state index contributed by atoms with van der Waals surface area (Å²) < 4.78 is 0. The number of nitrogens with two attached hydrogens (primary N) is 1. The summed E-state index contributed by atoms with van der Waals surface area (Å²) in [5, 5.41) is 3.22. The van der Waals surface area contributed by atoms with E-state index in [2.05, 4.69) is 5.32 Å². The van der Waals surface area contributed by atoms with Gasteiger partial charge in [0.05, 0.1) is 11.5 Å². The van der Waals surface area contributed by atoms with E-state index in [1.165, 1.54) is 11.8 Å². The van der Waals surface area contributed by atoms with Gasteiger partial charge in [0.1, 0.15) is 0 Å². The molecule has 0 saturated carbocycles. The van der Waals surface area contributed by atoms with Gasteiger partial charge in [-0.15, -0.1) is 11.8 Å². The lowest BCUT2D eigenvalue weighted by Crippen LogP contribution is -2.52. The second-order valence-electron chi connectivity index (χ2n) is 3.60. The molecule has 0 aliphatic carbocycles. The van der Waals surface area contributed by atoms with Crippen molar-refractivity contribution in [2.24, 2.45) is 5.73 Å². The highest BCUT2D eigenvalue weighted by Crippen LogP contribution is 2.07. The molecule has 0 aromatic heterocycles. The Kier molecular flexibility index (Phi) is 4.90. The molecular formula is C9H17N3O2S. The van der Waals surface area contributed by atoms with Gasteiger partial charge in [0.2, 0.25) is 11.8 Å². The summed E-state index contributed by atoms with van der Waals surface area (Å²) in [6, 6.07) is 0.237. The van der Waals surface area contributed by atoms with Crippen LogP contribution in [0.1, 0.15) is 6.92 Å². The van der Waals surface area contributed by atoms with Crippen LogP contribution in [0.3, 0.4) is 0 Å². The molecule has 1 heterocycles. The van der Waals surface area contributed by atoms with Crippen molar-refractivity contribution in [1.82, 2.24) is 10.2 Å². The molecule has 0 radical (unpaired) electrons. The minimum absolute atomic E-state index is 0.0928. The Morgan fingerprint density at radius 1 is 1.53 bits per heavy atom. The molecule has 0 bridgehead atoms. The van der Waals surface area contributed by atoms with Crippen molar-refractivity contribution in [3.05, 3.63) is 0 Å². The Balaban J connectivity index is 2.29. The van der Waals surface area contributed by atoms with Crippen molar-refractivity contribution in [2.45, 2.75) is 13.0 Å². The van der Waals surface area contributed by atoms with Crippen LogP contribution < -0.4 is 11.1 Å². The van der Waals surface area contributed by atoms with E-state index < -0.39 is 0 Å². The molecule has 5 nitrogen and oxygen atoms in total.